The second-order valence-electron chi connectivity index (χ2n) is 6.65. The van der Waals surface area contributed by atoms with E-state index in [0.29, 0.717) is 17.9 Å². The number of rotatable bonds is 2. The molecule has 7 nitrogen and oxygen atoms in total. The molecule has 0 radical (unpaired) electrons. The maximum Gasteiger partial charge on any atom is 0.317 e. The lowest BCUT2D eigenvalue weighted by molar-refractivity contribution is 0.207. The summed E-state index contributed by atoms with van der Waals surface area (Å²) in [7, 11) is 3.82. The number of aromatic amines is 1. The molecule has 0 aromatic carbocycles. The molecule has 2 aliphatic rings. The first-order chi connectivity index (χ1) is 11.2. The number of aromatic nitrogens is 3. The molecule has 1 saturated heterocycles. The summed E-state index contributed by atoms with van der Waals surface area (Å²) in [6, 6.07) is 2.56. The van der Waals surface area contributed by atoms with Gasteiger partial charge in [0.15, 0.2) is 0 Å². The highest BCUT2D eigenvalue weighted by molar-refractivity contribution is 5.87. The van der Waals surface area contributed by atoms with Gasteiger partial charge in [0.05, 0.1) is 5.39 Å². The first-order valence-corrected chi connectivity index (χ1v) is 8.15. The van der Waals surface area contributed by atoms with E-state index in [0.717, 1.165) is 42.8 Å². The first kappa shape index (κ1) is 14.3. The predicted molar refractivity (Wildman–Crippen MR) is 88.3 cm³/mol. The summed E-state index contributed by atoms with van der Waals surface area (Å²) in [5, 5.41) is 3.80. The summed E-state index contributed by atoms with van der Waals surface area (Å²) in [5.74, 6) is 2.19. The number of amides is 2. The number of hydrogen-bond donors (Lipinski definition) is 2. The number of nitrogens with zero attached hydrogens (tertiary/aromatic N) is 4. The molecule has 1 aliphatic heterocycles. The third kappa shape index (κ3) is 2.31. The van der Waals surface area contributed by atoms with E-state index in [-0.39, 0.29) is 6.03 Å². The Kier molecular flexibility index (Phi) is 3.36. The van der Waals surface area contributed by atoms with E-state index in [1.54, 1.807) is 13.4 Å². The largest absolute Gasteiger partial charge is 0.356 e. The van der Waals surface area contributed by atoms with Crippen LogP contribution in [-0.4, -0.2) is 59.1 Å². The molecule has 122 valence electrons. The topological polar surface area (TPSA) is 77.2 Å². The summed E-state index contributed by atoms with van der Waals surface area (Å²) >= 11 is 0. The van der Waals surface area contributed by atoms with Crippen LogP contribution in [0, 0.1) is 11.8 Å². The van der Waals surface area contributed by atoms with Crippen molar-refractivity contribution < 1.29 is 4.79 Å². The molecule has 0 spiro atoms. The van der Waals surface area contributed by atoms with Gasteiger partial charge in [-0.3, -0.25) is 0 Å². The first-order valence-electron chi connectivity index (χ1n) is 8.15. The number of H-pyrrole nitrogens is 1. The Bertz CT molecular complexity index is 714. The standard InChI is InChI=1S/C16H22N6O/c1-17-16(23)22-7-10-5-12(6-11(10)8-22)21(2)15-13-3-4-18-14(13)19-9-20-15/h3-4,9-12H,5-8H2,1-2H3,(H,17,23)(H,18,19,20)/t10-,11+,12-. The number of carbonyl (C=O) groups excluding carboxylic acids is 1. The Morgan fingerprint density at radius 2 is 2.09 bits per heavy atom. The van der Waals surface area contributed by atoms with E-state index in [9.17, 15) is 4.79 Å². The van der Waals surface area contributed by atoms with Crippen LogP contribution in [0.1, 0.15) is 12.8 Å². The van der Waals surface area contributed by atoms with Crippen LogP contribution in [0.3, 0.4) is 0 Å². The Labute approximate surface area is 135 Å². The minimum Gasteiger partial charge on any atom is -0.356 e. The minimum atomic E-state index is 0.0501. The molecule has 2 aromatic rings. The molecule has 2 amide bonds. The molecule has 2 aromatic heterocycles. The zero-order chi connectivity index (χ0) is 16.0. The average Bonchev–Trinajstić information content (AvgIpc) is 3.26. The van der Waals surface area contributed by atoms with Crippen molar-refractivity contribution in [3.05, 3.63) is 18.6 Å². The van der Waals surface area contributed by atoms with Crippen molar-refractivity contribution in [2.75, 3.05) is 32.1 Å². The molecule has 1 saturated carbocycles. The van der Waals surface area contributed by atoms with E-state index in [1.807, 2.05) is 17.2 Å². The van der Waals surface area contributed by atoms with Crippen molar-refractivity contribution >= 4 is 22.9 Å². The monoisotopic (exact) mass is 314 g/mol. The maximum absolute atomic E-state index is 11.8. The van der Waals surface area contributed by atoms with Crippen molar-refractivity contribution in [2.45, 2.75) is 18.9 Å². The van der Waals surface area contributed by atoms with Gasteiger partial charge in [-0.05, 0) is 30.7 Å². The fourth-order valence-electron chi connectivity index (χ4n) is 4.22. The van der Waals surface area contributed by atoms with Gasteiger partial charge in [-0.25, -0.2) is 14.8 Å². The van der Waals surface area contributed by atoms with Gasteiger partial charge < -0.3 is 20.1 Å². The van der Waals surface area contributed by atoms with Crippen molar-refractivity contribution in [1.29, 1.82) is 0 Å². The van der Waals surface area contributed by atoms with E-state index in [1.165, 1.54) is 0 Å². The van der Waals surface area contributed by atoms with Crippen molar-refractivity contribution in [1.82, 2.24) is 25.2 Å². The predicted octanol–water partition coefficient (Wildman–Crippen LogP) is 1.44. The normalized spacial score (nSPS) is 26.5. The summed E-state index contributed by atoms with van der Waals surface area (Å²) in [4.78, 5) is 27.9. The van der Waals surface area contributed by atoms with E-state index >= 15 is 0 Å². The second-order valence-corrected chi connectivity index (χ2v) is 6.65. The second kappa shape index (κ2) is 5.40. The Morgan fingerprint density at radius 1 is 1.35 bits per heavy atom. The molecular formula is C16H22N6O. The summed E-state index contributed by atoms with van der Waals surface area (Å²) in [5.41, 5.74) is 0.880. The van der Waals surface area contributed by atoms with Gasteiger partial charge in [-0.15, -0.1) is 0 Å². The minimum absolute atomic E-state index is 0.0501. The Morgan fingerprint density at radius 3 is 2.78 bits per heavy atom. The van der Waals surface area contributed by atoms with E-state index < -0.39 is 0 Å². The van der Waals surface area contributed by atoms with Gasteiger partial charge in [-0.1, -0.05) is 0 Å². The SMILES string of the molecule is CNC(=O)N1C[C@H]2C[C@@H](N(C)c3ncnc4[nH]ccc34)C[C@H]2C1. The number of hydrogen-bond acceptors (Lipinski definition) is 4. The molecule has 0 unspecified atom stereocenters. The third-order valence-electron chi connectivity index (χ3n) is 5.44. The molecule has 3 heterocycles. The van der Waals surface area contributed by atoms with Gasteiger partial charge in [0.2, 0.25) is 0 Å². The van der Waals surface area contributed by atoms with Gasteiger partial charge in [0, 0.05) is 39.4 Å². The van der Waals surface area contributed by atoms with Crippen LogP contribution in [0.25, 0.3) is 11.0 Å². The van der Waals surface area contributed by atoms with Crippen LogP contribution in [-0.2, 0) is 0 Å². The highest BCUT2D eigenvalue weighted by Crippen LogP contribution is 2.41. The summed E-state index contributed by atoms with van der Waals surface area (Å²) in [6.07, 6.45) is 5.75. The Hall–Kier alpha value is -2.31. The number of likely N-dealkylation sites (tertiary alicyclic amines) is 1. The maximum atomic E-state index is 11.8. The fraction of sp³-hybridized carbons (Fsp3) is 0.562. The average molecular weight is 314 g/mol. The number of carbonyl (C=O) groups is 1. The lowest BCUT2D eigenvalue weighted by atomic mass is 10.0. The number of anilines is 1. The smallest absolute Gasteiger partial charge is 0.317 e. The summed E-state index contributed by atoms with van der Waals surface area (Å²) < 4.78 is 0. The molecule has 3 atom stereocenters. The molecule has 2 fully saturated rings. The van der Waals surface area contributed by atoms with Crippen molar-refractivity contribution in [3.63, 3.8) is 0 Å². The molecule has 4 rings (SSSR count). The lowest BCUT2D eigenvalue weighted by Crippen LogP contribution is -2.38. The molecule has 1 aliphatic carbocycles. The molecular weight excluding hydrogens is 292 g/mol. The van der Waals surface area contributed by atoms with E-state index in [2.05, 4.69) is 32.2 Å². The van der Waals surface area contributed by atoms with E-state index in [4.69, 9.17) is 0 Å². The molecule has 23 heavy (non-hydrogen) atoms. The lowest BCUT2D eigenvalue weighted by Gasteiger charge is -2.27. The zero-order valence-electron chi connectivity index (χ0n) is 13.5. The molecule has 0 bridgehead atoms. The van der Waals surface area contributed by atoms with Crippen LogP contribution in [0.4, 0.5) is 10.6 Å². The van der Waals surface area contributed by atoms with Gasteiger partial charge in [-0.2, -0.15) is 0 Å². The molecule has 7 heteroatoms. The fourth-order valence-corrected chi connectivity index (χ4v) is 4.22. The van der Waals surface area contributed by atoms with Gasteiger partial charge >= 0.3 is 6.03 Å². The van der Waals surface area contributed by atoms with Gasteiger partial charge in [0.25, 0.3) is 0 Å². The van der Waals surface area contributed by atoms with Crippen molar-refractivity contribution in [3.8, 4) is 0 Å². The zero-order valence-corrected chi connectivity index (χ0v) is 13.5. The van der Waals surface area contributed by atoms with Crippen LogP contribution < -0.4 is 10.2 Å². The van der Waals surface area contributed by atoms with Crippen LogP contribution in [0.5, 0.6) is 0 Å². The third-order valence-corrected chi connectivity index (χ3v) is 5.44. The van der Waals surface area contributed by atoms with Crippen LogP contribution in [0.15, 0.2) is 18.6 Å². The molecule has 2 N–H and O–H groups in total. The highest BCUT2D eigenvalue weighted by atomic mass is 16.2. The van der Waals surface area contributed by atoms with Gasteiger partial charge in [0.1, 0.15) is 17.8 Å². The van der Waals surface area contributed by atoms with Crippen LogP contribution in [0.2, 0.25) is 0 Å². The number of fused-ring (bicyclic) bond motifs is 2. The Balaban J connectivity index is 1.49. The number of nitrogens with one attached hydrogen (secondary N) is 2. The summed E-state index contributed by atoms with van der Waals surface area (Å²) in [6.45, 7) is 1.75. The van der Waals surface area contributed by atoms with Crippen molar-refractivity contribution in [2.24, 2.45) is 11.8 Å². The number of urea groups is 1. The highest BCUT2D eigenvalue weighted by Gasteiger charge is 2.43. The van der Waals surface area contributed by atoms with Crippen LogP contribution >= 0.6 is 0 Å². The quantitative estimate of drug-likeness (QED) is 0.879.